The molecule has 2 aromatic heterocycles. The summed E-state index contributed by atoms with van der Waals surface area (Å²) in [5.74, 6) is 1.39. The van der Waals surface area contributed by atoms with Crippen LogP contribution >= 0.6 is 0 Å². The molecule has 0 aliphatic carbocycles. The van der Waals surface area contributed by atoms with Crippen LogP contribution in [0.1, 0.15) is 31.1 Å². The van der Waals surface area contributed by atoms with Crippen molar-refractivity contribution in [3.05, 3.63) is 41.8 Å². The van der Waals surface area contributed by atoms with E-state index in [2.05, 4.69) is 34.3 Å². The molecule has 0 spiro atoms. The fraction of sp³-hybridized carbons (Fsp3) is 0.462. The zero-order chi connectivity index (χ0) is 12.8. The molecule has 0 aliphatic heterocycles. The summed E-state index contributed by atoms with van der Waals surface area (Å²) in [4.78, 5) is 8.42. The fourth-order valence-corrected chi connectivity index (χ4v) is 1.62. The van der Waals surface area contributed by atoms with Crippen LogP contribution in [0.4, 0.5) is 0 Å². The number of aromatic nitrogens is 3. The van der Waals surface area contributed by atoms with Crippen molar-refractivity contribution in [3.8, 4) is 0 Å². The summed E-state index contributed by atoms with van der Waals surface area (Å²) in [6, 6.07) is 4.38. The van der Waals surface area contributed by atoms with Crippen LogP contribution in [0.2, 0.25) is 0 Å². The maximum atomic E-state index is 5.20. The highest BCUT2D eigenvalue weighted by atomic mass is 16.5. The van der Waals surface area contributed by atoms with Gasteiger partial charge in [-0.1, -0.05) is 25.1 Å². The van der Waals surface area contributed by atoms with Crippen molar-refractivity contribution in [2.75, 3.05) is 6.54 Å². The molecule has 2 rings (SSSR count). The third-order valence-electron chi connectivity index (χ3n) is 2.49. The van der Waals surface area contributed by atoms with Crippen molar-refractivity contribution in [1.82, 2.24) is 20.4 Å². The van der Waals surface area contributed by atoms with Crippen LogP contribution < -0.4 is 5.32 Å². The maximum Gasteiger partial charge on any atom is 0.227 e. The number of pyridine rings is 1. The molecule has 5 heteroatoms. The van der Waals surface area contributed by atoms with Crippen molar-refractivity contribution >= 4 is 0 Å². The van der Waals surface area contributed by atoms with Crippen LogP contribution in [0, 0.1) is 0 Å². The van der Waals surface area contributed by atoms with Crippen LogP contribution in [0.15, 0.2) is 29.0 Å². The summed E-state index contributed by atoms with van der Waals surface area (Å²) in [5.41, 5.74) is 1.09. The Morgan fingerprint density at radius 1 is 1.39 bits per heavy atom. The Bertz CT molecular complexity index is 467. The summed E-state index contributed by atoms with van der Waals surface area (Å²) in [6.45, 7) is 5.08. The van der Waals surface area contributed by atoms with E-state index in [0.29, 0.717) is 24.2 Å². The van der Waals surface area contributed by atoms with E-state index >= 15 is 0 Å². The minimum atomic E-state index is 0.475. The minimum Gasteiger partial charge on any atom is -0.339 e. The molecule has 0 saturated carbocycles. The quantitative estimate of drug-likeness (QED) is 0.838. The highest BCUT2D eigenvalue weighted by Crippen LogP contribution is 2.05. The summed E-state index contributed by atoms with van der Waals surface area (Å²) in [5, 5.41) is 7.28. The molecule has 0 radical (unpaired) electrons. The van der Waals surface area contributed by atoms with E-state index in [-0.39, 0.29) is 0 Å². The lowest BCUT2D eigenvalue weighted by Gasteiger charge is -2.04. The summed E-state index contributed by atoms with van der Waals surface area (Å²) >= 11 is 0. The first-order chi connectivity index (χ1) is 8.74. The van der Waals surface area contributed by atoms with Gasteiger partial charge in [0.05, 0.1) is 0 Å². The van der Waals surface area contributed by atoms with Crippen molar-refractivity contribution in [3.63, 3.8) is 0 Å². The summed E-state index contributed by atoms with van der Waals surface area (Å²) < 4.78 is 5.20. The van der Waals surface area contributed by atoms with Gasteiger partial charge in [-0.2, -0.15) is 4.98 Å². The summed E-state index contributed by atoms with van der Waals surface area (Å²) in [7, 11) is 0. The molecule has 18 heavy (non-hydrogen) atoms. The van der Waals surface area contributed by atoms with Crippen molar-refractivity contribution < 1.29 is 4.52 Å². The molecule has 96 valence electrons. The SMILES string of the molecule is CC(C)NCCc1nc(Cc2cccnc2)no1. The average Bonchev–Trinajstić information content (AvgIpc) is 2.78. The van der Waals surface area contributed by atoms with Crippen LogP contribution in [0.25, 0.3) is 0 Å². The second-order valence-corrected chi connectivity index (χ2v) is 4.50. The lowest BCUT2D eigenvalue weighted by molar-refractivity contribution is 0.369. The average molecular weight is 246 g/mol. The third kappa shape index (κ3) is 3.92. The van der Waals surface area contributed by atoms with Gasteiger partial charge in [0, 0.05) is 37.8 Å². The van der Waals surface area contributed by atoms with Gasteiger partial charge in [0.15, 0.2) is 5.82 Å². The highest BCUT2D eigenvalue weighted by molar-refractivity contribution is 5.13. The molecule has 0 atom stereocenters. The first-order valence-electron chi connectivity index (χ1n) is 6.18. The molecule has 0 bridgehead atoms. The molecule has 2 heterocycles. The van der Waals surface area contributed by atoms with Gasteiger partial charge in [-0.05, 0) is 11.6 Å². The lowest BCUT2D eigenvalue weighted by Crippen LogP contribution is -2.25. The minimum absolute atomic E-state index is 0.475. The van der Waals surface area contributed by atoms with Gasteiger partial charge < -0.3 is 9.84 Å². The molecule has 0 fully saturated rings. The Morgan fingerprint density at radius 2 is 2.28 bits per heavy atom. The first-order valence-corrected chi connectivity index (χ1v) is 6.18. The number of nitrogens with one attached hydrogen (secondary N) is 1. The summed E-state index contributed by atoms with van der Waals surface area (Å²) in [6.07, 6.45) is 4.99. The van der Waals surface area contributed by atoms with E-state index in [4.69, 9.17) is 4.52 Å². The topological polar surface area (TPSA) is 63.8 Å². The monoisotopic (exact) mass is 246 g/mol. The third-order valence-corrected chi connectivity index (χ3v) is 2.49. The Hall–Kier alpha value is -1.75. The van der Waals surface area contributed by atoms with Gasteiger partial charge in [-0.25, -0.2) is 0 Å². The molecule has 0 aromatic carbocycles. The van der Waals surface area contributed by atoms with Crippen molar-refractivity contribution in [2.24, 2.45) is 0 Å². The molecule has 0 amide bonds. The van der Waals surface area contributed by atoms with E-state index in [1.54, 1.807) is 6.20 Å². The van der Waals surface area contributed by atoms with E-state index < -0.39 is 0 Å². The van der Waals surface area contributed by atoms with E-state index in [1.807, 2.05) is 18.3 Å². The largest absolute Gasteiger partial charge is 0.339 e. The zero-order valence-electron chi connectivity index (χ0n) is 10.8. The van der Waals surface area contributed by atoms with Crippen molar-refractivity contribution in [1.29, 1.82) is 0 Å². The first kappa shape index (κ1) is 12.7. The molecule has 2 aromatic rings. The predicted octanol–water partition coefficient (Wildman–Crippen LogP) is 1.60. The smallest absolute Gasteiger partial charge is 0.227 e. The maximum absolute atomic E-state index is 5.20. The van der Waals surface area contributed by atoms with Gasteiger partial charge in [-0.3, -0.25) is 4.98 Å². The Morgan fingerprint density at radius 3 is 3.00 bits per heavy atom. The van der Waals surface area contributed by atoms with E-state index in [1.165, 1.54) is 0 Å². The Kier molecular flexibility index (Phi) is 4.41. The van der Waals surface area contributed by atoms with E-state index in [0.717, 1.165) is 18.5 Å². The van der Waals surface area contributed by atoms with Gasteiger partial charge in [0.2, 0.25) is 5.89 Å². The second kappa shape index (κ2) is 6.26. The zero-order valence-corrected chi connectivity index (χ0v) is 10.8. The Labute approximate surface area is 107 Å². The molecule has 0 unspecified atom stereocenters. The number of nitrogens with zero attached hydrogens (tertiary/aromatic N) is 3. The molecule has 1 N–H and O–H groups in total. The molecule has 0 saturated heterocycles. The van der Waals surface area contributed by atoms with Crippen LogP contribution in [0.3, 0.4) is 0 Å². The van der Waals surface area contributed by atoms with E-state index in [9.17, 15) is 0 Å². The molecular weight excluding hydrogens is 228 g/mol. The van der Waals surface area contributed by atoms with Crippen LogP contribution in [-0.2, 0) is 12.8 Å². The van der Waals surface area contributed by atoms with Crippen LogP contribution in [-0.4, -0.2) is 27.7 Å². The Balaban J connectivity index is 1.86. The second-order valence-electron chi connectivity index (χ2n) is 4.50. The molecular formula is C13H18N4O. The normalized spacial score (nSPS) is 11.1. The standard InChI is InChI=1S/C13H18N4O/c1-10(2)15-7-5-13-16-12(17-18-13)8-11-4-3-6-14-9-11/h3-4,6,9-10,15H,5,7-8H2,1-2H3. The van der Waals surface area contributed by atoms with Crippen LogP contribution in [0.5, 0.6) is 0 Å². The fourth-order valence-electron chi connectivity index (χ4n) is 1.62. The predicted molar refractivity (Wildman–Crippen MR) is 68.2 cm³/mol. The lowest BCUT2D eigenvalue weighted by atomic mass is 10.2. The highest BCUT2D eigenvalue weighted by Gasteiger charge is 2.07. The molecule has 0 aliphatic rings. The number of hydrogen-bond donors (Lipinski definition) is 1. The number of hydrogen-bond acceptors (Lipinski definition) is 5. The molecule has 5 nitrogen and oxygen atoms in total. The van der Waals surface area contributed by atoms with Gasteiger partial charge in [0.1, 0.15) is 0 Å². The number of rotatable bonds is 6. The van der Waals surface area contributed by atoms with Gasteiger partial charge >= 0.3 is 0 Å². The van der Waals surface area contributed by atoms with Crippen molar-refractivity contribution in [2.45, 2.75) is 32.7 Å². The van der Waals surface area contributed by atoms with Gasteiger partial charge in [-0.15, -0.1) is 0 Å². The van der Waals surface area contributed by atoms with Gasteiger partial charge in [0.25, 0.3) is 0 Å².